The first-order chi connectivity index (χ1) is 38.3. The molecule has 8 aliphatic rings. The van der Waals surface area contributed by atoms with Crippen molar-refractivity contribution in [2.45, 2.75) is 231 Å². The Labute approximate surface area is 479 Å². The fourth-order valence-corrected chi connectivity index (χ4v) is 16.8. The van der Waals surface area contributed by atoms with Crippen LogP contribution in [0.25, 0.3) is 0 Å². The molecule has 82 heavy (non-hydrogen) atoms. The largest absolute Gasteiger partial charge is 0.479 e. The lowest BCUT2D eigenvalue weighted by Crippen LogP contribution is -2.76. The van der Waals surface area contributed by atoms with Gasteiger partial charge in [-0.05, 0) is 100 Å². The molecule has 3 heterocycles. The van der Waals surface area contributed by atoms with Crippen molar-refractivity contribution in [1.82, 2.24) is 0 Å². The third kappa shape index (κ3) is 10.4. The number of carboxylic acid groups (broad SMARTS) is 1. The molecule has 4 saturated carbocycles. The predicted octanol–water partition coefficient (Wildman–Crippen LogP) is 0.755. The molecule has 3 aliphatic heterocycles. The van der Waals surface area contributed by atoms with Crippen LogP contribution in [0.2, 0.25) is 0 Å². The highest BCUT2D eigenvalue weighted by molar-refractivity contribution is 5.76. The van der Waals surface area contributed by atoms with Crippen LogP contribution in [0.3, 0.4) is 0 Å². The molecule has 5 aliphatic carbocycles. The number of carbonyl (C=O) groups excluding carboxylic acids is 2. The Kier molecular flexibility index (Phi) is 18.9. The summed E-state index contributed by atoms with van der Waals surface area (Å²) in [5.41, 5.74) is -4.97. The summed E-state index contributed by atoms with van der Waals surface area (Å²) in [5.74, 6) is -5.27. The van der Waals surface area contributed by atoms with Crippen LogP contribution in [-0.2, 0) is 52.3 Å². The van der Waals surface area contributed by atoms with Gasteiger partial charge in [0.25, 0.3) is 0 Å². The zero-order valence-corrected chi connectivity index (χ0v) is 49.0. The van der Waals surface area contributed by atoms with Crippen molar-refractivity contribution >= 4 is 17.9 Å². The number of rotatable bonds is 16. The lowest BCUT2D eigenvalue weighted by Gasteiger charge is -2.73. The van der Waals surface area contributed by atoms with E-state index in [1.807, 2.05) is 34.6 Å². The molecule has 0 radical (unpaired) electrons. The third-order valence-electron chi connectivity index (χ3n) is 21.6. The number of aliphatic hydroxyl groups excluding tert-OH is 11. The maximum absolute atomic E-state index is 14.1. The smallest absolute Gasteiger partial charge is 0.335 e. The third-order valence-corrected chi connectivity index (χ3v) is 21.6. The zero-order chi connectivity index (χ0) is 60.7. The van der Waals surface area contributed by atoms with E-state index >= 15 is 0 Å². The van der Waals surface area contributed by atoms with Crippen molar-refractivity contribution in [3.05, 3.63) is 36.0 Å². The average Bonchev–Trinajstić information content (AvgIpc) is 1.15. The van der Waals surface area contributed by atoms with Crippen molar-refractivity contribution in [3.8, 4) is 0 Å². The van der Waals surface area contributed by atoms with Gasteiger partial charge in [-0.3, -0.25) is 9.59 Å². The topological polar surface area (TPSA) is 368 Å². The van der Waals surface area contributed by atoms with Gasteiger partial charge in [-0.15, -0.1) is 0 Å². The number of allylic oxidation sites excluding steroid dienone is 3. The van der Waals surface area contributed by atoms with E-state index in [2.05, 4.69) is 19.9 Å². The Hall–Kier alpha value is -3.05. The Morgan fingerprint density at radius 1 is 0.646 bits per heavy atom. The van der Waals surface area contributed by atoms with Crippen molar-refractivity contribution in [2.24, 2.45) is 62.1 Å². The standard InChI is InChI=1S/C59H92O23/c1-12-14-26(3)49(73)81-46-47(82-50(74)27(4)15-13-2)59(25-62)29(22-54(46,5)6)28-16-17-33-56(9)20-19-34(55(7,8)32(56)18-21-57(33,10)58(28,11)44(69)45(59)70)77-53-43(80-52-39(67)37(65)35(63)30(23-60)75-52)41(40(68)42(79-53)48(71)72)78-51-38(66)36(64)31(24-61)76-51/h12-16,26-27,29-47,51-53,60-70H,17-25H2,1-11H3,(H,71,72)/b14-12+,15-13+/t26?,27?,29?,30-,31-,32?,33?,34+,35-,36-,37+,38+,39-,40-,41+,42+,43-,44+,45-,46+,47+,51-,52-,53-,56+,57-,58+,59?/m1/s1. The van der Waals surface area contributed by atoms with Crippen LogP contribution in [0.1, 0.15) is 115 Å². The van der Waals surface area contributed by atoms with Gasteiger partial charge < -0.3 is 99.2 Å². The fraction of sp³-hybridized carbons (Fsp3) is 0.847. The molecule has 466 valence electrons. The number of hydrogen-bond donors (Lipinski definition) is 12. The number of esters is 2. The number of fused-ring (bicyclic) bond motifs is 7. The average molecular weight is 1170 g/mol. The van der Waals surface area contributed by atoms with E-state index in [1.165, 1.54) is 0 Å². The highest BCUT2D eigenvalue weighted by atomic mass is 16.8. The van der Waals surface area contributed by atoms with Crippen molar-refractivity contribution in [3.63, 3.8) is 0 Å². The summed E-state index contributed by atoms with van der Waals surface area (Å²) in [6, 6.07) is 0. The van der Waals surface area contributed by atoms with Crippen LogP contribution in [0.4, 0.5) is 0 Å². The lowest BCUT2D eigenvalue weighted by atomic mass is 9.32. The highest BCUT2D eigenvalue weighted by Crippen LogP contribution is 2.76. The maximum atomic E-state index is 14.1. The molecule has 0 bridgehead atoms. The molecule has 8 rings (SSSR count). The first-order valence-electron chi connectivity index (χ1n) is 29.1. The van der Waals surface area contributed by atoms with E-state index in [1.54, 1.807) is 52.0 Å². The summed E-state index contributed by atoms with van der Waals surface area (Å²) >= 11 is 0. The van der Waals surface area contributed by atoms with Gasteiger partial charge in [-0.1, -0.05) is 84.4 Å². The normalized spacial score (nSPS) is 48.7. The predicted molar refractivity (Wildman–Crippen MR) is 286 cm³/mol. The van der Waals surface area contributed by atoms with Crippen molar-refractivity contribution < 1.29 is 114 Å². The second kappa shape index (κ2) is 23.9. The van der Waals surface area contributed by atoms with Crippen LogP contribution in [0, 0.1) is 62.1 Å². The van der Waals surface area contributed by atoms with Crippen LogP contribution in [0.5, 0.6) is 0 Å². The molecule has 6 unspecified atom stereocenters. The molecule has 0 spiro atoms. The Morgan fingerprint density at radius 3 is 1.72 bits per heavy atom. The van der Waals surface area contributed by atoms with Crippen LogP contribution in [-0.4, -0.2) is 216 Å². The van der Waals surface area contributed by atoms with E-state index in [4.69, 9.17) is 37.9 Å². The molecule has 0 amide bonds. The highest BCUT2D eigenvalue weighted by Gasteiger charge is 2.76. The summed E-state index contributed by atoms with van der Waals surface area (Å²) in [6.07, 6.45) is -20.3. The van der Waals surface area contributed by atoms with E-state index < -0.39 is 205 Å². The van der Waals surface area contributed by atoms with E-state index in [0.717, 1.165) is 5.57 Å². The Bertz CT molecular complexity index is 2390. The molecular formula is C59H92O23. The number of carbonyl (C=O) groups is 3. The van der Waals surface area contributed by atoms with Crippen LogP contribution >= 0.6 is 0 Å². The van der Waals surface area contributed by atoms with Gasteiger partial charge in [0.2, 0.25) is 0 Å². The van der Waals surface area contributed by atoms with E-state index in [0.29, 0.717) is 32.1 Å². The summed E-state index contributed by atoms with van der Waals surface area (Å²) in [4.78, 5) is 40.8. The molecule has 12 N–H and O–H groups in total. The molecule has 3 saturated heterocycles. The van der Waals surface area contributed by atoms with Gasteiger partial charge in [0.15, 0.2) is 31.1 Å². The Balaban J connectivity index is 1.14. The lowest BCUT2D eigenvalue weighted by molar-refractivity contribution is -0.386. The van der Waals surface area contributed by atoms with Gasteiger partial charge in [0, 0.05) is 10.8 Å². The fourth-order valence-electron chi connectivity index (χ4n) is 16.8. The quantitative estimate of drug-likeness (QED) is 0.0576. The summed E-state index contributed by atoms with van der Waals surface area (Å²) in [5, 5.41) is 134. The molecule has 23 nitrogen and oxygen atoms in total. The summed E-state index contributed by atoms with van der Waals surface area (Å²) in [6.45, 7) is 18.8. The van der Waals surface area contributed by atoms with Crippen LogP contribution in [0.15, 0.2) is 36.0 Å². The number of aliphatic hydroxyl groups is 11. The van der Waals surface area contributed by atoms with E-state index in [-0.39, 0.29) is 18.3 Å². The second-order valence-corrected chi connectivity index (χ2v) is 26.8. The molecule has 0 aromatic carbocycles. The molecule has 0 aromatic heterocycles. The Morgan fingerprint density at radius 2 is 1.18 bits per heavy atom. The molecule has 28 atom stereocenters. The molecule has 23 heteroatoms. The minimum atomic E-state index is -2.13. The van der Waals surface area contributed by atoms with Gasteiger partial charge in [0.1, 0.15) is 67.1 Å². The van der Waals surface area contributed by atoms with E-state index in [9.17, 15) is 75.7 Å². The van der Waals surface area contributed by atoms with Gasteiger partial charge in [0.05, 0.1) is 55.4 Å². The van der Waals surface area contributed by atoms with Gasteiger partial charge in [-0.25, -0.2) is 4.79 Å². The summed E-state index contributed by atoms with van der Waals surface area (Å²) < 4.78 is 49.3. The second-order valence-electron chi connectivity index (χ2n) is 26.8. The maximum Gasteiger partial charge on any atom is 0.335 e. The first-order valence-corrected chi connectivity index (χ1v) is 29.1. The number of hydrogen-bond acceptors (Lipinski definition) is 22. The number of carboxylic acids is 1. The van der Waals surface area contributed by atoms with Gasteiger partial charge in [-0.2, -0.15) is 0 Å². The molecular weight excluding hydrogens is 1080 g/mol. The first kappa shape index (κ1) is 64.9. The minimum absolute atomic E-state index is 0.154. The molecule has 0 aromatic rings. The monoisotopic (exact) mass is 1170 g/mol. The zero-order valence-electron chi connectivity index (χ0n) is 49.0. The number of ether oxygens (including phenoxy) is 8. The summed E-state index contributed by atoms with van der Waals surface area (Å²) in [7, 11) is 0. The minimum Gasteiger partial charge on any atom is -0.479 e. The van der Waals surface area contributed by atoms with Crippen LogP contribution < -0.4 is 0 Å². The van der Waals surface area contributed by atoms with Crippen molar-refractivity contribution in [1.29, 1.82) is 0 Å². The van der Waals surface area contributed by atoms with Crippen molar-refractivity contribution in [2.75, 3.05) is 19.8 Å². The SMILES string of the molecule is C/C=C/C(C)C(=O)O[C@H]1[C@H](OC(=O)C(C)/C=C/C)C2(CO)C(CC1(C)C)C1=CCC3[C@@]4(C)CC[C@H](O[C@@H]5O[C@H](C(=O)O)[C@H](O)[C@H](O[C@H]6O[C@H](CO)[C@@H](O)[C@@H]6O)[C@H]5O[C@H]5O[C@H](CO)[C@@H](O)[C@H](O)[C@H]5O)C(C)(C)C4CC[C@@]3(C)[C@]1(C)[C@@H](O)[C@H]2O. The molecule has 7 fully saturated rings. The van der Waals surface area contributed by atoms with Gasteiger partial charge >= 0.3 is 17.9 Å². The number of aliphatic carboxylic acids is 1.